The molecule has 0 fully saturated rings. The second-order valence-electron chi connectivity index (χ2n) is 6.33. The van der Waals surface area contributed by atoms with Gasteiger partial charge in [-0.2, -0.15) is 0 Å². The Bertz CT molecular complexity index is 1300. The summed E-state index contributed by atoms with van der Waals surface area (Å²) in [4.78, 5) is 4.46. The zero-order chi connectivity index (χ0) is 20.6. The van der Waals surface area contributed by atoms with Crippen LogP contribution in [0.3, 0.4) is 0 Å². The maximum absolute atomic E-state index is 14.3. The van der Waals surface area contributed by atoms with Crippen molar-refractivity contribution >= 4 is 32.3 Å². The molecule has 3 aromatic carbocycles. The van der Waals surface area contributed by atoms with Gasteiger partial charge in [-0.15, -0.1) is 0 Å². The highest BCUT2D eigenvalue weighted by molar-refractivity contribution is 7.91. The summed E-state index contributed by atoms with van der Waals surface area (Å²) in [6.07, 6.45) is 0. The van der Waals surface area contributed by atoms with Crippen molar-refractivity contribution in [1.29, 1.82) is 0 Å². The van der Waals surface area contributed by atoms with E-state index in [2.05, 4.69) is 4.98 Å². The number of aromatic nitrogens is 1. The number of rotatable bonds is 4. The number of fused-ring (bicyclic) bond motifs is 1. The number of ether oxygens (including phenoxy) is 1. The van der Waals surface area contributed by atoms with Crippen molar-refractivity contribution in [3.63, 3.8) is 0 Å². The summed E-state index contributed by atoms with van der Waals surface area (Å²) in [5.74, 6) is 0.0201. The molecule has 1 aromatic heterocycles. The molecule has 0 amide bonds. The topological polar surface area (TPSA) is 56.3 Å². The molecular weight excluding hydrogens is 413 g/mol. The van der Waals surface area contributed by atoms with Gasteiger partial charge in [0.05, 0.1) is 22.6 Å². The highest BCUT2D eigenvalue weighted by Crippen LogP contribution is 2.34. The molecule has 4 aromatic rings. The summed E-state index contributed by atoms with van der Waals surface area (Å²) in [7, 11) is -2.43. The lowest BCUT2D eigenvalue weighted by molar-refractivity contribution is 0.414. The molecule has 7 heteroatoms. The first-order chi connectivity index (χ1) is 13.9. The number of nitrogens with zero attached hydrogens (tertiary/aromatic N) is 1. The molecule has 0 spiro atoms. The zero-order valence-electron chi connectivity index (χ0n) is 15.3. The fourth-order valence-electron chi connectivity index (χ4n) is 3.04. The number of para-hydroxylation sites is 1. The van der Waals surface area contributed by atoms with Crippen molar-refractivity contribution in [3.8, 4) is 17.0 Å². The highest BCUT2D eigenvalue weighted by atomic mass is 35.5. The molecule has 0 aliphatic heterocycles. The minimum atomic E-state index is -3.93. The van der Waals surface area contributed by atoms with Gasteiger partial charge in [-0.1, -0.05) is 35.9 Å². The number of benzene rings is 3. The zero-order valence-corrected chi connectivity index (χ0v) is 16.8. The minimum Gasteiger partial charge on any atom is -0.497 e. The fraction of sp³-hybridized carbons (Fsp3) is 0.0455. The van der Waals surface area contributed by atoms with E-state index in [1.165, 1.54) is 37.4 Å². The normalized spacial score (nSPS) is 11.6. The molecule has 4 rings (SSSR count). The van der Waals surface area contributed by atoms with Crippen LogP contribution in [0, 0.1) is 5.82 Å². The van der Waals surface area contributed by atoms with Crippen LogP contribution in [0.15, 0.2) is 82.6 Å². The van der Waals surface area contributed by atoms with Crippen molar-refractivity contribution in [2.75, 3.05) is 7.11 Å². The Kier molecular flexibility index (Phi) is 4.98. The largest absolute Gasteiger partial charge is 0.497 e. The molecule has 0 atom stereocenters. The van der Waals surface area contributed by atoms with E-state index in [-0.39, 0.29) is 21.0 Å². The van der Waals surface area contributed by atoms with Gasteiger partial charge in [0.1, 0.15) is 17.1 Å². The van der Waals surface area contributed by atoms with E-state index >= 15 is 0 Å². The summed E-state index contributed by atoms with van der Waals surface area (Å²) in [5.41, 5.74) is 0.785. The van der Waals surface area contributed by atoms with Gasteiger partial charge < -0.3 is 4.74 Å². The number of hydrogen-bond acceptors (Lipinski definition) is 4. The fourth-order valence-corrected chi connectivity index (χ4v) is 4.62. The standard InChI is InChI=1S/C22H15ClFNO3S/c1-28-17-9-11-18(12-10-17)29(26,27)20-13-15-3-2-4-19(24)21(15)25-22(20)14-5-7-16(23)8-6-14/h2-13H,1H3. The molecule has 0 unspecified atom stereocenters. The average Bonchev–Trinajstić information content (AvgIpc) is 2.74. The molecule has 146 valence electrons. The third-order valence-electron chi connectivity index (χ3n) is 4.54. The van der Waals surface area contributed by atoms with Gasteiger partial charge in [0.15, 0.2) is 0 Å². The lowest BCUT2D eigenvalue weighted by Crippen LogP contribution is -2.06. The Morgan fingerprint density at radius 2 is 1.66 bits per heavy atom. The maximum Gasteiger partial charge on any atom is 0.208 e. The lowest BCUT2D eigenvalue weighted by Gasteiger charge is -2.13. The van der Waals surface area contributed by atoms with Gasteiger partial charge in [-0.3, -0.25) is 0 Å². The van der Waals surface area contributed by atoms with Crippen molar-refractivity contribution in [1.82, 2.24) is 4.98 Å². The summed E-state index contributed by atoms with van der Waals surface area (Å²) in [6, 6.07) is 18.6. The van der Waals surface area contributed by atoms with Gasteiger partial charge >= 0.3 is 0 Å². The third kappa shape index (κ3) is 3.57. The van der Waals surface area contributed by atoms with Gasteiger partial charge in [-0.05, 0) is 48.5 Å². The SMILES string of the molecule is COc1ccc(S(=O)(=O)c2cc3cccc(F)c3nc2-c2ccc(Cl)cc2)cc1. The molecule has 0 aliphatic carbocycles. The van der Waals surface area contributed by atoms with Crippen molar-refractivity contribution in [2.45, 2.75) is 9.79 Å². The molecule has 0 radical (unpaired) electrons. The molecule has 29 heavy (non-hydrogen) atoms. The van der Waals surface area contributed by atoms with Crippen LogP contribution < -0.4 is 4.74 Å². The molecule has 1 heterocycles. The van der Waals surface area contributed by atoms with Gasteiger partial charge in [0.25, 0.3) is 0 Å². The number of sulfone groups is 1. The first-order valence-corrected chi connectivity index (χ1v) is 10.5. The van der Waals surface area contributed by atoms with Crippen LogP contribution in [0.2, 0.25) is 5.02 Å². The smallest absolute Gasteiger partial charge is 0.208 e. The highest BCUT2D eigenvalue weighted by Gasteiger charge is 2.25. The van der Waals surface area contributed by atoms with E-state index in [0.29, 0.717) is 21.7 Å². The maximum atomic E-state index is 14.3. The van der Waals surface area contributed by atoms with Crippen LogP contribution in [0.25, 0.3) is 22.2 Å². The summed E-state index contributed by atoms with van der Waals surface area (Å²) in [6.45, 7) is 0. The van der Waals surface area contributed by atoms with Gasteiger partial charge in [0.2, 0.25) is 9.84 Å². The average molecular weight is 428 g/mol. The first kappa shape index (κ1) is 19.4. The first-order valence-electron chi connectivity index (χ1n) is 8.64. The summed E-state index contributed by atoms with van der Waals surface area (Å²) >= 11 is 5.96. The molecular formula is C22H15ClFNO3S. The number of methoxy groups -OCH3 is 1. The van der Waals surface area contributed by atoms with Crippen LogP contribution >= 0.6 is 11.6 Å². The molecule has 4 nitrogen and oxygen atoms in total. The summed E-state index contributed by atoms with van der Waals surface area (Å²) in [5, 5.41) is 0.898. The van der Waals surface area contributed by atoms with E-state index in [0.717, 1.165) is 0 Å². The van der Waals surface area contributed by atoms with Crippen LogP contribution in [0.5, 0.6) is 5.75 Å². The molecule has 0 aliphatic rings. The molecule has 0 saturated heterocycles. The molecule has 0 N–H and O–H groups in total. The van der Waals surface area contributed by atoms with Crippen LogP contribution in [0.1, 0.15) is 0 Å². The predicted molar refractivity (Wildman–Crippen MR) is 111 cm³/mol. The van der Waals surface area contributed by atoms with Crippen molar-refractivity contribution < 1.29 is 17.5 Å². The van der Waals surface area contributed by atoms with Crippen LogP contribution in [-0.2, 0) is 9.84 Å². The Balaban J connectivity index is 2.00. The summed E-state index contributed by atoms with van der Waals surface area (Å²) < 4.78 is 46.3. The van der Waals surface area contributed by atoms with Gasteiger partial charge in [0, 0.05) is 16.0 Å². The predicted octanol–water partition coefficient (Wildman–Crippen LogP) is 5.54. The molecule has 0 saturated carbocycles. The second-order valence-corrected chi connectivity index (χ2v) is 8.69. The van der Waals surface area contributed by atoms with Crippen molar-refractivity contribution in [3.05, 3.63) is 83.6 Å². The van der Waals surface area contributed by atoms with E-state index < -0.39 is 15.7 Å². The second kappa shape index (κ2) is 7.46. The number of hydrogen-bond donors (Lipinski definition) is 0. The Labute approximate surface area is 172 Å². The Morgan fingerprint density at radius 3 is 2.31 bits per heavy atom. The number of halogens is 2. The lowest BCUT2D eigenvalue weighted by atomic mass is 10.1. The van der Waals surface area contributed by atoms with Crippen molar-refractivity contribution in [2.24, 2.45) is 0 Å². The van der Waals surface area contributed by atoms with Gasteiger partial charge in [-0.25, -0.2) is 17.8 Å². The van der Waals surface area contributed by atoms with E-state index in [9.17, 15) is 12.8 Å². The van der Waals surface area contributed by atoms with E-state index in [1.807, 2.05) is 0 Å². The monoisotopic (exact) mass is 427 g/mol. The minimum absolute atomic E-state index is 0.0110. The van der Waals surface area contributed by atoms with Crippen LogP contribution in [-0.4, -0.2) is 20.5 Å². The van der Waals surface area contributed by atoms with E-state index in [4.69, 9.17) is 16.3 Å². The Morgan fingerprint density at radius 1 is 0.966 bits per heavy atom. The Hall–Kier alpha value is -2.96. The molecule has 0 bridgehead atoms. The van der Waals surface area contributed by atoms with Crippen LogP contribution in [0.4, 0.5) is 4.39 Å². The third-order valence-corrected chi connectivity index (χ3v) is 6.57. The quantitative estimate of drug-likeness (QED) is 0.429. The van der Waals surface area contributed by atoms with E-state index in [1.54, 1.807) is 42.5 Å². The number of pyridine rings is 1.